The second-order valence-electron chi connectivity index (χ2n) is 6.86. The van der Waals surface area contributed by atoms with Crippen LogP contribution in [-0.2, 0) is 25.7 Å². The highest BCUT2D eigenvalue weighted by atomic mass is 19.4. The summed E-state index contributed by atoms with van der Waals surface area (Å²) in [5, 5.41) is 14.8. The van der Waals surface area contributed by atoms with Gasteiger partial charge < -0.3 is 5.32 Å². The molecule has 1 aliphatic carbocycles. The number of fused-ring (bicyclic) bond motifs is 1. The number of rotatable bonds is 3. The fraction of sp³-hybridized carbons (Fsp3) is 0.529. The zero-order chi connectivity index (χ0) is 18.5. The topological polar surface area (TPSA) is 72.7 Å². The largest absolute Gasteiger partial charge is 0.435 e. The maximum atomic E-state index is 13.5. The highest BCUT2D eigenvalue weighted by molar-refractivity contribution is 5.33. The molecule has 0 amide bonds. The molecule has 0 unspecified atom stereocenters. The van der Waals surface area contributed by atoms with Crippen LogP contribution >= 0.6 is 0 Å². The van der Waals surface area contributed by atoms with Crippen LogP contribution in [0.15, 0.2) is 10.9 Å². The van der Waals surface area contributed by atoms with E-state index in [0.29, 0.717) is 12.2 Å². The molecule has 0 bridgehead atoms. The fourth-order valence-corrected chi connectivity index (χ4v) is 3.40. The van der Waals surface area contributed by atoms with Gasteiger partial charge >= 0.3 is 6.18 Å². The normalized spacial score (nSPS) is 17.2. The Morgan fingerprint density at radius 2 is 2.04 bits per heavy atom. The minimum absolute atomic E-state index is 0.0104. The van der Waals surface area contributed by atoms with Crippen LogP contribution in [0.5, 0.6) is 0 Å². The molecule has 0 spiro atoms. The van der Waals surface area contributed by atoms with Crippen molar-refractivity contribution < 1.29 is 13.2 Å². The fourth-order valence-electron chi connectivity index (χ4n) is 3.40. The van der Waals surface area contributed by atoms with E-state index in [0.717, 1.165) is 28.8 Å². The van der Waals surface area contributed by atoms with E-state index >= 15 is 0 Å². The van der Waals surface area contributed by atoms with Crippen molar-refractivity contribution in [2.75, 3.05) is 6.54 Å². The molecule has 0 atom stereocenters. The molecular formula is C17H18F3N5O. The number of halogens is 3. The summed E-state index contributed by atoms with van der Waals surface area (Å²) in [5.41, 5.74) is 0.885. The first-order valence-electron chi connectivity index (χ1n) is 8.58. The Hall–Kier alpha value is -2.29. The van der Waals surface area contributed by atoms with Gasteiger partial charge in [0.2, 0.25) is 0 Å². The monoisotopic (exact) mass is 365 g/mol. The summed E-state index contributed by atoms with van der Waals surface area (Å²) in [4.78, 5) is 12.7. The third kappa shape index (κ3) is 3.11. The number of aryl methyl sites for hydroxylation is 1. The van der Waals surface area contributed by atoms with Gasteiger partial charge in [0.15, 0.2) is 5.69 Å². The Labute approximate surface area is 147 Å². The molecule has 1 N–H and O–H groups in total. The van der Waals surface area contributed by atoms with Gasteiger partial charge in [-0.2, -0.15) is 28.5 Å². The van der Waals surface area contributed by atoms with Gasteiger partial charge in [0.1, 0.15) is 0 Å². The Morgan fingerprint density at radius 1 is 1.27 bits per heavy atom. The molecular weight excluding hydrogens is 347 g/mol. The first-order valence-corrected chi connectivity index (χ1v) is 8.58. The molecule has 2 aromatic heterocycles. The van der Waals surface area contributed by atoms with Crippen molar-refractivity contribution in [1.82, 2.24) is 25.3 Å². The predicted molar refractivity (Wildman–Crippen MR) is 86.8 cm³/mol. The molecule has 26 heavy (non-hydrogen) atoms. The van der Waals surface area contributed by atoms with E-state index in [-0.39, 0.29) is 36.6 Å². The van der Waals surface area contributed by atoms with Crippen molar-refractivity contribution in [3.05, 3.63) is 50.2 Å². The van der Waals surface area contributed by atoms with Crippen molar-refractivity contribution in [2.24, 2.45) is 0 Å². The van der Waals surface area contributed by atoms with E-state index in [1.54, 1.807) is 13.0 Å². The molecule has 6 nitrogen and oxygen atoms in total. The Bertz CT molecular complexity index is 918. The van der Waals surface area contributed by atoms with Gasteiger partial charge in [0.25, 0.3) is 5.56 Å². The number of nitrogens with zero attached hydrogens (tertiary/aromatic N) is 4. The molecule has 3 heterocycles. The van der Waals surface area contributed by atoms with Crippen LogP contribution in [0.1, 0.15) is 52.5 Å². The summed E-state index contributed by atoms with van der Waals surface area (Å²) in [6.45, 7) is 2.23. The minimum Gasteiger partial charge on any atom is -0.312 e. The molecule has 0 aromatic carbocycles. The van der Waals surface area contributed by atoms with Crippen LogP contribution in [0.2, 0.25) is 0 Å². The molecule has 2 aromatic rings. The Morgan fingerprint density at radius 3 is 2.73 bits per heavy atom. The van der Waals surface area contributed by atoms with Crippen molar-refractivity contribution in [2.45, 2.75) is 51.4 Å². The summed E-state index contributed by atoms with van der Waals surface area (Å²) in [7, 11) is 0. The van der Waals surface area contributed by atoms with Gasteiger partial charge in [-0.3, -0.25) is 4.79 Å². The van der Waals surface area contributed by atoms with Gasteiger partial charge in [-0.25, -0.2) is 4.68 Å². The van der Waals surface area contributed by atoms with Gasteiger partial charge in [0, 0.05) is 23.6 Å². The molecule has 2 aliphatic rings. The van der Waals surface area contributed by atoms with E-state index in [1.165, 1.54) is 0 Å². The van der Waals surface area contributed by atoms with E-state index in [9.17, 15) is 18.0 Å². The molecule has 9 heteroatoms. The molecule has 0 radical (unpaired) electrons. The third-order valence-corrected chi connectivity index (χ3v) is 4.80. The minimum atomic E-state index is -4.61. The highest BCUT2D eigenvalue weighted by Gasteiger charge is 2.39. The summed E-state index contributed by atoms with van der Waals surface area (Å²) in [6.07, 6.45) is -2.37. The van der Waals surface area contributed by atoms with Crippen LogP contribution in [0, 0.1) is 6.92 Å². The predicted octanol–water partition coefficient (Wildman–Crippen LogP) is 1.93. The second-order valence-corrected chi connectivity index (χ2v) is 6.86. The third-order valence-electron chi connectivity index (χ3n) is 4.80. The first kappa shape index (κ1) is 17.1. The van der Waals surface area contributed by atoms with Crippen LogP contribution in [-0.4, -0.2) is 26.5 Å². The van der Waals surface area contributed by atoms with E-state index < -0.39 is 17.4 Å². The van der Waals surface area contributed by atoms with Gasteiger partial charge in [-0.1, -0.05) is 0 Å². The van der Waals surface area contributed by atoms with Crippen molar-refractivity contribution >= 4 is 0 Å². The quantitative estimate of drug-likeness (QED) is 0.900. The van der Waals surface area contributed by atoms with E-state index in [1.807, 2.05) is 0 Å². The van der Waals surface area contributed by atoms with Gasteiger partial charge in [-0.15, -0.1) is 0 Å². The number of hydrogen-bond donors (Lipinski definition) is 1. The van der Waals surface area contributed by atoms with E-state index in [4.69, 9.17) is 0 Å². The van der Waals surface area contributed by atoms with Crippen LogP contribution in [0.3, 0.4) is 0 Å². The SMILES string of the molecule is Cc1cc(Cn2nc(C(F)(F)F)c3c(c2=O)CCNC3)c(C2CC2)nn1. The Kier molecular flexibility index (Phi) is 4.06. The lowest BCUT2D eigenvalue weighted by atomic mass is 10.0. The average Bonchev–Trinajstić information content (AvgIpc) is 3.41. The van der Waals surface area contributed by atoms with Crippen molar-refractivity contribution in [3.63, 3.8) is 0 Å². The van der Waals surface area contributed by atoms with Crippen molar-refractivity contribution in [3.8, 4) is 0 Å². The van der Waals surface area contributed by atoms with Crippen LogP contribution in [0.4, 0.5) is 13.2 Å². The Balaban J connectivity index is 1.83. The van der Waals surface area contributed by atoms with Crippen LogP contribution in [0.25, 0.3) is 0 Å². The lowest BCUT2D eigenvalue weighted by Gasteiger charge is -2.22. The summed E-state index contributed by atoms with van der Waals surface area (Å²) in [5.74, 6) is 0.276. The number of aromatic nitrogens is 4. The zero-order valence-electron chi connectivity index (χ0n) is 14.2. The maximum absolute atomic E-state index is 13.5. The standard InChI is InChI=1S/C17H18F3N5O/c1-9-6-11(14(23-22-9)10-2-3-10)8-25-16(26)12-4-5-21-7-13(12)15(24-25)17(18,19)20/h6,10,21H,2-5,7-8H2,1H3. The zero-order valence-corrected chi connectivity index (χ0v) is 14.2. The maximum Gasteiger partial charge on any atom is 0.435 e. The smallest absolute Gasteiger partial charge is 0.312 e. The number of nitrogens with one attached hydrogen (secondary N) is 1. The van der Waals surface area contributed by atoms with E-state index in [2.05, 4.69) is 20.6 Å². The molecule has 4 rings (SSSR count). The molecule has 1 aliphatic heterocycles. The average molecular weight is 365 g/mol. The first-order chi connectivity index (χ1) is 12.3. The van der Waals surface area contributed by atoms with Gasteiger partial charge in [-0.05, 0) is 44.4 Å². The highest BCUT2D eigenvalue weighted by Crippen LogP contribution is 2.40. The molecule has 138 valence electrons. The van der Waals surface area contributed by atoms with Crippen molar-refractivity contribution in [1.29, 1.82) is 0 Å². The lowest BCUT2D eigenvalue weighted by Crippen LogP contribution is -2.38. The molecule has 0 saturated heterocycles. The summed E-state index contributed by atoms with van der Waals surface area (Å²) < 4.78 is 41.4. The number of hydrogen-bond acceptors (Lipinski definition) is 5. The summed E-state index contributed by atoms with van der Waals surface area (Å²) in [6, 6.07) is 1.78. The number of alkyl halides is 3. The van der Waals surface area contributed by atoms with Gasteiger partial charge in [0.05, 0.1) is 17.9 Å². The molecule has 1 fully saturated rings. The second kappa shape index (κ2) is 6.15. The molecule has 1 saturated carbocycles. The van der Waals surface area contributed by atoms with Crippen LogP contribution < -0.4 is 10.9 Å². The lowest BCUT2D eigenvalue weighted by molar-refractivity contribution is -0.143. The summed E-state index contributed by atoms with van der Waals surface area (Å²) >= 11 is 0.